The van der Waals surface area contributed by atoms with Crippen molar-refractivity contribution in [3.8, 4) is 23.0 Å². The molecule has 420 valence electrons. The van der Waals surface area contributed by atoms with Gasteiger partial charge in [-0.25, -0.2) is 9.59 Å². The van der Waals surface area contributed by atoms with Crippen LogP contribution in [0.5, 0.6) is 23.0 Å². The zero-order valence-corrected chi connectivity index (χ0v) is 44.6. The van der Waals surface area contributed by atoms with Crippen LogP contribution in [-0.2, 0) is 85.7 Å². The minimum absolute atomic E-state index is 0.0996. The highest BCUT2D eigenvalue weighted by molar-refractivity contribution is 5.95. The number of rotatable bonds is 18. The molecule has 23 nitrogen and oxygen atoms in total. The fourth-order valence-corrected chi connectivity index (χ4v) is 9.66. The quantitative estimate of drug-likeness (QED) is 0.123. The topological polar surface area (TPSA) is 269 Å². The number of piperidine rings is 1. The van der Waals surface area contributed by atoms with Crippen LogP contribution in [0.15, 0.2) is 66.7 Å². The number of carbonyl (C=O) groups excluding carboxylic acids is 8. The van der Waals surface area contributed by atoms with Crippen molar-refractivity contribution in [2.24, 2.45) is 0 Å². The molecule has 4 aliphatic rings. The smallest absolute Gasteiger partial charge is 0.339 e. The van der Waals surface area contributed by atoms with E-state index in [-0.39, 0.29) is 11.5 Å². The van der Waals surface area contributed by atoms with Gasteiger partial charge in [-0.05, 0) is 86.0 Å². The van der Waals surface area contributed by atoms with E-state index in [1.807, 2.05) is 31.2 Å². The van der Waals surface area contributed by atoms with Crippen molar-refractivity contribution in [3.05, 3.63) is 83.4 Å². The molecule has 11 atom stereocenters. The second-order valence-electron chi connectivity index (χ2n) is 18.6. The normalized spacial score (nSPS) is 25.8. The van der Waals surface area contributed by atoms with Crippen molar-refractivity contribution in [3.63, 3.8) is 0 Å². The van der Waals surface area contributed by atoms with Crippen LogP contribution in [0.25, 0.3) is 11.1 Å². The number of methoxy groups -OCH3 is 2. The molecule has 0 radical (unpaired) electrons. The van der Waals surface area contributed by atoms with Gasteiger partial charge in [-0.3, -0.25) is 33.7 Å². The number of ether oxygens (including phenoxy) is 14. The monoisotopic (exact) mass is 1090 g/mol. The Hall–Kier alpha value is -7.76. The predicted octanol–water partition coefficient (Wildman–Crippen LogP) is 4.76. The highest BCUT2D eigenvalue weighted by atomic mass is 16.8. The molecule has 0 amide bonds. The number of allylic oxidation sites excluding steroid dienone is 1. The van der Waals surface area contributed by atoms with Gasteiger partial charge in [0.1, 0.15) is 35.7 Å². The Morgan fingerprint density at radius 3 is 1.44 bits per heavy atom. The van der Waals surface area contributed by atoms with Crippen LogP contribution in [0.1, 0.15) is 90.5 Å². The SMILES string of the molecule is COC(=O)[C@H]1O[C@@H](Oc2ccc(C3=C(C)c4ccc(O[C@@H]5O[C@H](C(=O)OC)[C@@H](OC(C)=O)[C@H](OC(C)=O)[C@H]5OC(C)=O)cc4O[C@H]3c3ccc(OCCN4CCCCC4)cc3)cc2)[C@H](OC(C)=O)[C@@H](OC(C)=O)[C@@H]1OC(C)=O. The molecule has 0 bridgehead atoms. The molecule has 7 rings (SSSR count). The minimum Gasteiger partial charge on any atom is -0.492 e. The second kappa shape index (κ2) is 26.1. The van der Waals surface area contributed by atoms with Crippen LogP contribution in [0.3, 0.4) is 0 Å². The standard InChI is InChI=1S/C55H63NO22/c1-28-40-22-21-39(75-55-51(73-34(7)62)47(71-32(5)60)45(69-30(3)58)49(78-55)53(64)66-9)27-41(40)76-43(36-15-17-37(18-16-36)67-26-25-56-23-11-10-12-24-56)42(28)35-13-19-38(20-14-35)74-54-50(72-33(6)61)46(70-31(4)59)44(68-29(2)57)48(77-54)52(63)65-8/h13-22,27,43-51,54-55H,10-12,23-26H2,1-9H3/t43-,44-,45-,46-,47-,48-,49-,50+,51+,54+,55+/m0/s1. The summed E-state index contributed by atoms with van der Waals surface area (Å²) >= 11 is 0. The molecule has 0 aliphatic carbocycles. The molecule has 0 spiro atoms. The Bertz CT molecular complexity index is 2720. The summed E-state index contributed by atoms with van der Waals surface area (Å²) < 4.78 is 80.4. The molecular weight excluding hydrogens is 1030 g/mol. The zero-order valence-electron chi connectivity index (χ0n) is 44.6. The second-order valence-corrected chi connectivity index (χ2v) is 18.6. The molecule has 4 heterocycles. The van der Waals surface area contributed by atoms with Crippen molar-refractivity contribution >= 4 is 58.9 Å². The first kappa shape index (κ1) is 57.9. The number of carbonyl (C=O) groups is 8. The van der Waals surface area contributed by atoms with E-state index in [0.29, 0.717) is 40.4 Å². The average Bonchev–Trinajstić information content (AvgIpc) is 3.43. The summed E-state index contributed by atoms with van der Waals surface area (Å²) in [7, 11) is 2.16. The van der Waals surface area contributed by atoms with Crippen LogP contribution in [0.2, 0.25) is 0 Å². The lowest BCUT2D eigenvalue weighted by Gasteiger charge is -2.43. The van der Waals surface area contributed by atoms with Crippen LogP contribution >= 0.6 is 0 Å². The lowest BCUT2D eigenvalue weighted by Crippen LogP contribution is -2.64. The summed E-state index contributed by atoms with van der Waals surface area (Å²) in [5, 5.41) is 0. The summed E-state index contributed by atoms with van der Waals surface area (Å²) in [6, 6.07) is 19.0. The molecule has 0 unspecified atom stereocenters. The van der Waals surface area contributed by atoms with E-state index < -0.39 is 115 Å². The van der Waals surface area contributed by atoms with E-state index in [9.17, 15) is 38.4 Å². The molecule has 3 fully saturated rings. The third kappa shape index (κ3) is 14.2. The lowest BCUT2D eigenvalue weighted by molar-refractivity contribution is -0.282. The lowest BCUT2D eigenvalue weighted by atomic mass is 9.86. The van der Waals surface area contributed by atoms with E-state index in [1.165, 1.54) is 6.42 Å². The molecule has 4 aliphatic heterocycles. The van der Waals surface area contributed by atoms with Crippen LogP contribution in [0, 0.1) is 0 Å². The van der Waals surface area contributed by atoms with Crippen molar-refractivity contribution < 1.29 is 105 Å². The highest BCUT2D eigenvalue weighted by Crippen LogP contribution is 2.48. The number of benzene rings is 3. The maximum atomic E-state index is 13.1. The van der Waals surface area contributed by atoms with Gasteiger partial charge in [-0.2, -0.15) is 0 Å². The van der Waals surface area contributed by atoms with Gasteiger partial charge in [0.25, 0.3) is 0 Å². The number of esters is 8. The van der Waals surface area contributed by atoms with Gasteiger partial charge < -0.3 is 66.3 Å². The van der Waals surface area contributed by atoms with Gasteiger partial charge in [-0.1, -0.05) is 30.7 Å². The first-order valence-corrected chi connectivity index (χ1v) is 25.2. The Balaban J connectivity index is 1.24. The summed E-state index contributed by atoms with van der Waals surface area (Å²) in [4.78, 5) is 103. The number of hydrogen-bond acceptors (Lipinski definition) is 23. The van der Waals surface area contributed by atoms with E-state index in [0.717, 1.165) is 93.8 Å². The van der Waals surface area contributed by atoms with E-state index in [2.05, 4.69) is 4.90 Å². The molecule has 3 aromatic rings. The van der Waals surface area contributed by atoms with E-state index >= 15 is 0 Å². The summed E-state index contributed by atoms with van der Waals surface area (Å²) in [6.07, 6.45) is -13.3. The first-order chi connectivity index (χ1) is 37.2. The maximum absolute atomic E-state index is 13.1. The number of fused-ring (bicyclic) bond motifs is 1. The first-order valence-electron chi connectivity index (χ1n) is 25.2. The van der Waals surface area contributed by atoms with Gasteiger partial charge in [0.2, 0.25) is 24.8 Å². The largest absolute Gasteiger partial charge is 0.492 e. The van der Waals surface area contributed by atoms with Gasteiger partial charge in [0.15, 0.2) is 36.6 Å². The number of hydrogen-bond donors (Lipinski definition) is 0. The molecule has 3 aromatic carbocycles. The fraction of sp³-hybridized carbons (Fsp3) is 0.491. The maximum Gasteiger partial charge on any atom is 0.339 e. The molecule has 23 heteroatoms. The Morgan fingerprint density at radius 2 is 0.962 bits per heavy atom. The summed E-state index contributed by atoms with van der Waals surface area (Å²) in [6.45, 7) is 11.8. The zero-order chi connectivity index (χ0) is 56.4. The average molecular weight is 1090 g/mol. The van der Waals surface area contributed by atoms with Gasteiger partial charge in [-0.15, -0.1) is 0 Å². The Labute approximate surface area is 449 Å². The van der Waals surface area contributed by atoms with Crippen molar-refractivity contribution in [2.45, 2.75) is 135 Å². The van der Waals surface area contributed by atoms with Gasteiger partial charge >= 0.3 is 47.8 Å². The van der Waals surface area contributed by atoms with Crippen molar-refractivity contribution in [1.29, 1.82) is 0 Å². The van der Waals surface area contributed by atoms with Gasteiger partial charge in [0, 0.05) is 65.3 Å². The van der Waals surface area contributed by atoms with Crippen LogP contribution in [0.4, 0.5) is 0 Å². The van der Waals surface area contributed by atoms with E-state index in [4.69, 9.17) is 66.3 Å². The van der Waals surface area contributed by atoms with Crippen molar-refractivity contribution in [2.75, 3.05) is 40.5 Å². The van der Waals surface area contributed by atoms with E-state index in [1.54, 1.807) is 42.5 Å². The highest BCUT2D eigenvalue weighted by Gasteiger charge is 2.57. The van der Waals surface area contributed by atoms with Crippen LogP contribution < -0.4 is 18.9 Å². The number of nitrogens with zero attached hydrogens (tertiary/aromatic N) is 1. The Morgan fingerprint density at radius 1 is 0.526 bits per heavy atom. The molecule has 0 aromatic heterocycles. The molecule has 78 heavy (non-hydrogen) atoms. The third-order valence-corrected chi connectivity index (χ3v) is 12.9. The third-order valence-electron chi connectivity index (χ3n) is 12.9. The Kier molecular flexibility index (Phi) is 19.4. The molecular formula is C55H63NO22. The summed E-state index contributed by atoms with van der Waals surface area (Å²) in [5.41, 5.74) is 3.47. The molecule has 0 N–H and O–H groups in total. The number of likely N-dealkylation sites (tertiary alicyclic amines) is 1. The van der Waals surface area contributed by atoms with Gasteiger partial charge in [0.05, 0.1) is 14.2 Å². The minimum atomic E-state index is -1.70. The molecule has 3 saturated heterocycles. The molecule has 0 saturated carbocycles. The summed E-state index contributed by atoms with van der Waals surface area (Å²) in [5.74, 6) is -5.83. The fourth-order valence-electron chi connectivity index (χ4n) is 9.66. The van der Waals surface area contributed by atoms with Crippen molar-refractivity contribution in [1.82, 2.24) is 4.90 Å². The van der Waals surface area contributed by atoms with Crippen LogP contribution in [-0.4, -0.2) is 155 Å². The predicted molar refractivity (Wildman–Crippen MR) is 267 cm³/mol.